The third-order valence-corrected chi connectivity index (χ3v) is 5.84. The Kier molecular flexibility index (Phi) is 5.73. The molecule has 31 heavy (non-hydrogen) atoms. The third-order valence-electron chi connectivity index (χ3n) is 5.00. The molecule has 2 aromatic heterocycles. The average molecular weight is 437 g/mol. The van der Waals surface area contributed by atoms with Crippen LogP contribution in [-0.4, -0.2) is 28.4 Å². The fourth-order valence-corrected chi connectivity index (χ4v) is 3.99. The van der Waals surface area contributed by atoms with Gasteiger partial charge in [-0.1, -0.05) is 32.9 Å². The first-order chi connectivity index (χ1) is 14.8. The van der Waals surface area contributed by atoms with Crippen LogP contribution in [0.3, 0.4) is 0 Å². The quantitative estimate of drug-likeness (QED) is 0.659. The van der Waals surface area contributed by atoms with Crippen LogP contribution < -0.4 is 15.0 Å². The molecular weight excluding hydrogens is 412 g/mol. The van der Waals surface area contributed by atoms with Crippen LogP contribution in [0.1, 0.15) is 47.5 Å². The summed E-state index contributed by atoms with van der Waals surface area (Å²) in [5.74, 6) is 0.282. The lowest BCUT2D eigenvalue weighted by atomic mass is 9.86. The Bertz CT molecular complexity index is 1110. The van der Waals surface area contributed by atoms with Gasteiger partial charge in [0.25, 0.3) is 11.8 Å². The van der Waals surface area contributed by atoms with Gasteiger partial charge >= 0.3 is 0 Å². The van der Waals surface area contributed by atoms with Gasteiger partial charge in [-0.05, 0) is 35.2 Å². The number of amides is 2. The molecule has 160 valence electrons. The largest absolute Gasteiger partial charge is 0.482 e. The van der Waals surface area contributed by atoms with E-state index in [-0.39, 0.29) is 23.8 Å². The van der Waals surface area contributed by atoms with Crippen molar-refractivity contribution in [2.24, 2.45) is 0 Å². The summed E-state index contributed by atoms with van der Waals surface area (Å²) in [6.07, 6.45) is 1.69. The second kappa shape index (κ2) is 8.47. The normalized spacial score (nSPS) is 13.5. The zero-order valence-corrected chi connectivity index (χ0v) is 18.5. The summed E-state index contributed by atoms with van der Waals surface area (Å²) < 4.78 is 5.61. The number of aromatic nitrogens is 2. The molecule has 1 N–H and O–H groups in total. The summed E-state index contributed by atoms with van der Waals surface area (Å²) in [4.78, 5) is 35.4. The molecule has 0 aliphatic carbocycles. The van der Waals surface area contributed by atoms with Gasteiger partial charge in [0.2, 0.25) is 0 Å². The maximum atomic E-state index is 12.6. The fraction of sp³-hybridized carbons (Fsp3) is 0.304. The molecular formula is C23H24N4O3S. The third kappa shape index (κ3) is 4.74. The molecule has 2 amide bonds. The van der Waals surface area contributed by atoms with Crippen LogP contribution in [0.5, 0.6) is 5.75 Å². The molecule has 7 nitrogen and oxygen atoms in total. The van der Waals surface area contributed by atoms with Crippen LogP contribution in [0.15, 0.2) is 48.0 Å². The molecule has 0 saturated heterocycles. The molecule has 0 saturated carbocycles. The van der Waals surface area contributed by atoms with E-state index in [1.54, 1.807) is 16.5 Å². The zero-order chi connectivity index (χ0) is 22.0. The van der Waals surface area contributed by atoms with Crippen molar-refractivity contribution >= 4 is 28.8 Å². The molecule has 3 aromatic rings. The number of hydrogen-bond donors (Lipinski definition) is 1. The highest BCUT2D eigenvalue weighted by Crippen LogP contribution is 2.37. The van der Waals surface area contributed by atoms with Crippen LogP contribution in [0.2, 0.25) is 0 Å². The van der Waals surface area contributed by atoms with Crippen molar-refractivity contribution in [2.75, 3.05) is 11.5 Å². The van der Waals surface area contributed by atoms with E-state index in [0.29, 0.717) is 29.5 Å². The summed E-state index contributed by atoms with van der Waals surface area (Å²) in [7, 11) is 0. The van der Waals surface area contributed by atoms with Crippen LogP contribution in [0.25, 0.3) is 0 Å². The molecule has 0 radical (unpaired) electrons. The number of nitrogens with zero attached hydrogens (tertiary/aromatic N) is 3. The summed E-state index contributed by atoms with van der Waals surface area (Å²) in [5.41, 5.74) is 2.90. The molecule has 3 heterocycles. The number of rotatable bonds is 5. The summed E-state index contributed by atoms with van der Waals surface area (Å²) >= 11 is 1.36. The minimum atomic E-state index is -0.267. The lowest BCUT2D eigenvalue weighted by molar-refractivity contribution is -0.121. The van der Waals surface area contributed by atoms with Gasteiger partial charge in [-0.15, -0.1) is 11.3 Å². The first-order valence-electron chi connectivity index (χ1n) is 10.0. The van der Waals surface area contributed by atoms with Gasteiger partial charge in [-0.25, -0.2) is 4.98 Å². The van der Waals surface area contributed by atoms with Gasteiger partial charge < -0.3 is 10.1 Å². The van der Waals surface area contributed by atoms with Crippen LogP contribution >= 0.6 is 11.3 Å². The number of fused-ring (bicyclic) bond motifs is 1. The molecule has 4 rings (SSSR count). The van der Waals surface area contributed by atoms with Crippen molar-refractivity contribution < 1.29 is 14.3 Å². The molecule has 1 aromatic carbocycles. The van der Waals surface area contributed by atoms with Gasteiger partial charge in [0.1, 0.15) is 16.5 Å². The highest BCUT2D eigenvalue weighted by atomic mass is 32.1. The van der Waals surface area contributed by atoms with Crippen LogP contribution in [-0.2, 0) is 23.3 Å². The minimum absolute atomic E-state index is 0.00927. The standard InChI is InChI=1S/C23H24N4O3S/c1-23(2,3)15-7-8-19-18(10-15)27(21(28)13-30-19)12-20-26-17(14-31-20)22(29)25-11-16-6-4-5-9-24-16/h4-10,14H,11-13H2,1-3H3,(H,25,29). The second-order valence-corrected chi connectivity index (χ2v) is 9.27. The number of pyridine rings is 1. The summed E-state index contributed by atoms with van der Waals surface area (Å²) in [5, 5.41) is 5.22. The molecule has 0 spiro atoms. The van der Waals surface area contributed by atoms with E-state index in [1.165, 1.54) is 11.3 Å². The highest BCUT2D eigenvalue weighted by Gasteiger charge is 2.28. The maximum Gasteiger partial charge on any atom is 0.271 e. The van der Waals surface area contributed by atoms with E-state index in [9.17, 15) is 9.59 Å². The molecule has 0 unspecified atom stereocenters. The van der Waals surface area contributed by atoms with Gasteiger partial charge in [0, 0.05) is 11.6 Å². The van der Waals surface area contributed by atoms with E-state index in [1.807, 2.05) is 36.4 Å². The SMILES string of the molecule is CC(C)(C)c1ccc2c(c1)N(Cc1nc(C(=O)NCc3ccccn3)cs1)C(=O)CO2. The average Bonchev–Trinajstić information content (AvgIpc) is 3.22. The smallest absolute Gasteiger partial charge is 0.271 e. The molecule has 1 aliphatic rings. The monoisotopic (exact) mass is 436 g/mol. The van der Waals surface area contributed by atoms with Crippen molar-refractivity contribution in [3.63, 3.8) is 0 Å². The lowest BCUT2D eigenvalue weighted by Gasteiger charge is -2.30. The van der Waals surface area contributed by atoms with Crippen LogP contribution in [0, 0.1) is 0 Å². The van der Waals surface area contributed by atoms with E-state index >= 15 is 0 Å². The predicted octanol–water partition coefficient (Wildman–Crippen LogP) is 3.69. The van der Waals surface area contributed by atoms with Crippen molar-refractivity contribution in [3.05, 3.63) is 69.9 Å². The number of nitrogens with one attached hydrogen (secondary N) is 1. The van der Waals surface area contributed by atoms with Gasteiger partial charge in [-0.3, -0.25) is 19.5 Å². The Hall–Kier alpha value is -3.26. The number of benzene rings is 1. The maximum absolute atomic E-state index is 12.6. The Morgan fingerprint density at radius 2 is 2.10 bits per heavy atom. The van der Waals surface area contributed by atoms with E-state index in [4.69, 9.17) is 4.74 Å². The molecule has 1 aliphatic heterocycles. The minimum Gasteiger partial charge on any atom is -0.482 e. The predicted molar refractivity (Wildman–Crippen MR) is 119 cm³/mol. The van der Waals surface area contributed by atoms with Crippen molar-refractivity contribution in [1.82, 2.24) is 15.3 Å². The van der Waals surface area contributed by atoms with E-state index in [2.05, 4.69) is 36.1 Å². The number of ether oxygens (including phenoxy) is 1. The molecule has 0 fully saturated rings. The molecule has 8 heteroatoms. The second-order valence-electron chi connectivity index (χ2n) is 8.33. The topological polar surface area (TPSA) is 84.4 Å². The number of carbonyl (C=O) groups excluding carboxylic acids is 2. The first kappa shape index (κ1) is 21.0. The number of hydrogen-bond acceptors (Lipinski definition) is 6. The molecule has 0 bridgehead atoms. The first-order valence-corrected chi connectivity index (χ1v) is 10.9. The van der Waals surface area contributed by atoms with Gasteiger partial charge in [-0.2, -0.15) is 0 Å². The Labute approximate surface area is 185 Å². The Morgan fingerprint density at radius 1 is 1.26 bits per heavy atom. The van der Waals surface area contributed by atoms with Crippen molar-refractivity contribution in [3.8, 4) is 5.75 Å². The fourth-order valence-electron chi connectivity index (χ4n) is 3.23. The number of carbonyl (C=O) groups is 2. The number of thiazole rings is 1. The summed E-state index contributed by atoms with van der Waals surface area (Å²) in [6.45, 7) is 6.99. The van der Waals surface area contributed by atoms with Gasteiger partial charge in [0.05, 0.1) is 24.5 Å². The Morgan fingerprint density at radius 3 is 2.84 bits per heavy atom. The van der Waals surface area contributed by atoms with E-state index < -0.39 is 0 Å². The lowest BCUT2D eigenvalue weighted by Crippen LogP contribution is -2.38. The Balaban J connectivity index is 1.49. The highest BCUT2D eigenvalue weighted by molar-refractivity contribution is 7.09. The number of anilines is 1. The van der Waals surface area contributed by atoms with Crippen molar-refractivity contribution in [2.45, 2.75) is 39.3 Å². The van der Waals surface area contributed by atoms with Crippen LogP contribution in [0.4, 0.5) is 5.69 Å². The van der Waals surface area contributed by atoms with Gasteiger partial charge in [0.15, 0.2) is 6.61 Å². The molecule has 0 atom stereocenters. The summed E-state index contributed by atoms with van der Waals surface area (Å²) in [6, 6.07) is 11.5. The van der Waals surface area contributed by atoms with Crippen molar-refractivity contribution in [1.29, 1.82) is 0 Å². The zero-order valence-electron chi connectivity index (χ0n) is 17.7. The van der Waals surface area contributed by atoms with E-state index in [0.717, 1.165) is 16.9 Å².